The summed E-state index contributed by atoms with van der Waals surface area (Å²) in [4.78, 5) is 14.2. The highest BCUT2D eigenvalue weighted by Crippen LogP contribution is 2.15. The van der Waals surface area contributed by atoms with Gasteiger partial charge in [-0.3, -0.25) is 0 Å². The minimum atomic E-state index is -0.829. The van der Waals surface area contributed by atoms with Gasteiger partial charge in [-0.1, -0.05) is 27.2 Å². The molecule has 1 aromatic rings. The van der Waals surface area contributed by atoms with Crippen molar-refractivity contribution in [3.8, 4) is 0 Å². The molecule has 0 bridgehead atoms. The highest BCUT2D eigenvalue weighted by molar-refractivity contribution is 5.89. The molecule has 15 heavy (non-hydrogen) atoms. The van der Waals surface area contributed by atoms with Crippen LogP contribution in [0.15, 0.2) is 6.07 Å². The van der Waals surface area contributed by atoms with Crippen LogP contribution in [0, 0.1) is 5.92 Å². The van der Waals surface area contributed by atoms with Crippen LogP contribution in [0.5, 0.6) is 0 Å². The lowest BCUT2D eigenvalue weighted by atomic mass is 10.1. The monoisotopic (exact) mass is 209 g/mol. The second-order valence-electron chi connectivity index (χ2n) is 4.34. The van der Waals surface area contributed by atoms with Crippen LogP contribution in [0.25, 0.3) is 0 Å². The van der Waals surface area contributed by atoms with E-state index < -0.39 is 5.97 Å². The molecule has 0 aliphatic rings. The Kier molecular flexibility index (Phi) is 3.95. The first-order valence-corrected chi connectivity index (χ1v) is 5.48. The Bertz CT molecular complexity index is 339. The summed E-state index contributed by atoms with van der Waals surface area (Å²) in [5.74, 6) is -0.288. The van der Waals surface area contributed by atoms with Crippen LogP contribution in [0.1, 0.15) is 48.9 Å². The lowest BCUT2D eigenvalue weighted by molar-refractivity contribution is 0.0696. The number of aromatic amines is 1. The van der Waals surface area contributed by atoms with Crippen LogP contribution < -0.4 is 0 Å². The molecule has 0 saturated carbocycles. The van der Waals surface area contributed by atoms with Gasteiger partial charge in [-0.2, -0.15) is 0 Å². The standard InChI is InChI=1S/C12H19NO2/c1-4-5-11-10(12(14)15)7-9(13-11)6-8(2)3/h7-8,13H,4-6H2,1-3H3,(H,14,15). The average Bonchev–Trinajstić information content (AvgIpc) is 2.47. The minimum absolute atomic E-state index is 0.438. The predicted molar refractivity (Wildman–Crippen MR) is 60.3 cm³/mol. The van der Waals surface area contributed by atoms with Gasteiger partial charge in [-0.15, -0.1) is 0 Å². The summed E-state index contributed by atoms with van der Waals surface area (Å²) in [6.07, 6.45) is 2.67. The fraction of sp³-hybridized carbons (Fsp3) is 0.583. The van der Waals surface area contributed by atoms with Crippen molar-refractivity contribution in [3.05, 3.63) is 23.0 Å². The van der Waals surface area contributed by atoms with Gasteiger partial charge in [0.1, 0.15) is 0 Å². The topological polar surface area (TPSA) is 53.1 Å². The van der Waals surface area contributed by atoms with Gasteiger partial charge in [0.15, 0.2) is 0 Å². The van der Waals surface area contributed by atoms with Crippen molar-refractivity contribution in [1.29, 1.82) is 0 Å². The maximum absolute atomic E-state index is 11.0. The molecule has 3 nitrogen and oxygen atoms in total. The van der Waals surface area contributed by atoms with Crippen LogP contribution in [0.4, 0.5) is 0 Å². The number of hydrogen-bond donors (Lipinski definition) is 2. The number of aryl methyl sites for hydroxylation is 1. The van der Waals surface area contributed by atoms with Gasteiger partial charge >= 0.3 is 5.97 Å². The Morgan fingerprint density at radius 3 is 2.67 bits per heavy atom. The Balaban J connectivity index is 2.93. The largest absolute Gasteiger partial charge is 0.478 e. The van der Waals surface area contributed by atoms with Crippen molar-refractivity contribution in [2.24, 2.45) is 5.92 Å². The van der Waals surface area contributed by atoms with Crippen LogP contribution in [0.2, 0.25) is 0 Å². The quantitative estimate of drug-likeness (QED) is 0.783. The third-order valence-corrected chi connectivity index (χ3v) is 2.31. The molecular formula is C12H19NO2. The minimum Gasteiger partial charge on any atom is -0.478 e. The van der Waals surface area contributed by atoms with Crippen molar-refractivity contribution in [3.63, 3.8) is 0 Å². The van der Waals surface area contributed by atoms with Gasteiger partial charge in [0.25, 0.3) is 0 Å². The maximum Gasteiger partial charge on any atom is 0.337 e. The third-order valence-electron chi connectivity index (χ3n) is 2.31. The highest BCUT2D eigenvalue weighted by Gasteiger charge is 2.13. The smallest absolute Gasteiger partial charge is 0.337 e. The molecule has 0 aliphatic heterocycles. The third kappa shape index (κ3) is 3.11. The van der Waals surface area contributed by atoms with Crippen molar-refractivity contribution < 1.29 is 9.90 Å². The molecule has 0 radical (unpaired) electrons. The van der Waals surface area contributed by atoms with Gasteiger partial charge in [0, 0.05) is 11.4 Å². The molecule has 1 aromatic heterocycles. The number of aromatic nitrogens is 1. The molecule has 0 amide bonds. The van der Waals surface area contributed by atoms with E-state index in [1.54, 1.807) is 6.07 Å². The van der Waals surface area contributed by atoms with Gasteiger partial charge in [-0.25, -0.2) is 4.79 Å². The zero-order valence-corrected chi connectivity index (χ0v) is 9.63. The lowest BCUT2D eigenvalue weighted by Gasteiger charge is -2.00. The highest BCUT2D eigenvalue weighted by atomic mass is 16.4. The van der Waals surface area contributed by atoms with E-state index in [0.717, 1.165) is 30.7 Å². The molecule has 0 aliphatic carbocycles. The first-order valence-electron chi connectivity index (χ1n) is 5.48. The molecule has 0 fully saturated rings. The van der Waals surface area contributed by atoms with E-state index in [2.05, 4.69) is 25.8 Å². The second-order valence-corrected chi connectivity index (χ2v) is 4.34. The molecular weight excluding hydrogens is 190 g/mol. The van der Waals surface area contributed by atoms with Crippen LogP contribution in [-0.2, 0) is 12.8 Å². The summed E-state index contributed by atoms with van der Waals surface area (Å²) in [6.45, 7) is 6.30. The number of carbonyl (C=O) groups is 1. The van der Waals surface area contributed by atoms with Crippen molar-refractivity contribution >= 4 is 5.97 Å². The fourth-order valence-electron chi connectivity index (χ4n) is 1.75. The van der Waals surface area contributed by atoms with E-state index in [1.165, 1.54) is 0 Å². The summed E-state index contributed by atoms with van der Waals surface area (Å²) in [5, 5.41) is 9.02. The predicted octanol–water partition coefficient (Wildman–Crippen LogP) is 2.86. The maximum atomic E-state index is 11.0. The van der Waals surface area contributed by atoms with Crippen molar-refractivity contribution in [1.82, 2.24) is 4.98 Å². The summed E-state index contributed by atoms with van der Waals surface area (Å²) in [6, 6.07) is 1.77. The van der Waals surface area contributed by atoms with Crippen LogP contribution in [-0.4, -0.2) is 16.1 Å². The van der Waals surface area contributed by atoms with Gasteiger partial charge in [0.2, 0.25) is 0 Å². The molecule has 0 atom stereocenters. The fourth-order valence-corrected chi connectivity index (χ4v) is 1.75. The molecule has 0 unspecified atom stereocenters. The second kappa shape index (κ2) is 5.01. The molecule has 0 aromatic carbocycles. The molecule has 84 valence electrons. The first kappa shape index (κ1) is 11.8. The average molecular weight is 209 g/mol. The molecule has 1 rings (SSSR count). The van der Waals surface area contributed by atoms with E-state index in [0.29, 0.717) is 11.5 Å². The first-order chi connectivity index (χ1) is 7.04. The van der Waals surface area contributed by atoms with Gasteiger partial charge in [-0.05, 0) is 24.8 Å². The summed E-state index contributed by atoms with van der Waals surface area (Å²) in [5.41, 5.74) is 2.33. The van der Waals surface area contributed by atoms with Crippen molar-refractivity contribution in [2.45, 2.75) is 40.0 Å². The molecule has 0 saturated heterocycles. The summed E-state index contributed by atoms with van der Waals surface area (Å²) < 4.78 is 0. The number of aromatic carboxylic acids is 1. The zero-order chi connectivity index (χ0) is 11.4. The summed E-state index contributed by atoms with van der Waals surface area (Å²) in [7, 11) is 0. The van der Waals surface area contributed by atoms with Gasteiger partial charge in [0.05, 0.1) is 5.56 Å². The molecule has 0 spiro atoms. The summed E-state index contributed by atoms with van der Waals surface area (Å²) >= 11 is 0. The lowest BCUT2D eigenvalue weighted by Crippen LogP contribution is -1.99. The molecule has 3 heteroatoms. The Morgan fingerprint density at radius 2 is 2.20 bits per heavy atom. The Hall–Kier alpha value is -1.25. The Labute approximate surface area is 90.5 Å². The molecule has 1 heterocycles. The van der Waals surface area contributed by atoms with E-state index in [-0.39, 0.29) is 0 Å². The molecule has 2 N–H and O–H groups in total. The number of hydrogen-bond acceptors (Lipinski definition) is 1. The zero-order valence-electron chi connectivity index (χ0n) is 9.63. The number of carboxylic acid groups (broad SMARTS) is 1. The number of carboxylic acids is 1. The normalized spacial score (nSPS) is 10.9. The van der Waals surface area contributed by atoms with E-state index in [9.17, 15) is 4.79 Å². The van der Waals surface area contributed by atoms with Crippen LogP contribution >= 0.6 is 0 Å². The van der Waals surface area contributed by atoms with Gasteiger partial charge < -0.3 is 10.1 Å². The Morgan fingerprint density at radius 1 is 1.53 bits per heavy atom. The van der Waals surface area contributed by atoms with E-state index in [1.807, 2.05) is 0 Å². The number of nitrogens with one attached hydrogen (secondary N) is 1. The van der Waals surface area contributed by atoms with Crippen LogP contribution in [0.3, 0.4) is 0 Å². The number of H-pyrrole nitrogens is 1. The SMILES string of the molecule is CCCc1[nH]c(CC(C)C)cc1C(=O)O. The number of rotatable bonds is 5. The van der Waals surface area contributed by atoms with E-state index in [4.69, 9.17) is 5.11 Å². The van der Waals surface area contributed by atoms with E-state index >= 15 is 0 Å². The van der Waals surface area contributed by atoms with Crippen molar-refractivity contribution in [2.75, 3.05) is 0 Å².